The van der Waals surface area contributed by atoms with E-state index in [-0.39, 0.29) is 5.82 Å². The second-order valence-corrected chi connectivity index (χ2v) is 8.54. The third-order valence-corrected chi connectivity index (χ3v) is 6.30. The first-order chi connectivity index (χ1) is 17.0. The summed E-state index contributed by atoms with van der Waals surface area (Å²) in [7, 11) is 3.10. The van der Waals surface area contributed by atoms with Crippen molar-refractivity contribution in [3.63, 3.8) is 0 Å². The standard InChI is InChI=1S/C26H23FN2O5S/c1-32-22-11-8-18(14-23(22)33-2)21-15-20(24-4-3-13-35-24)28-29(21)25(30)16-34-26(31)12-7-17-5-9-19(27)10-6-17/h3-14,21H,15-16H2,1-2H3/b12-7+. The van der Waals surface area contributed by atoms with Crippen molar-refractivity contribution in [1.82, 2.24) is 5.01 Å². The number of benzene rings is 2. The number of rotatable bonds is 8. The third-order valence-electron chi connectivity index (χ3n) is 5.38. The van der Waals surface area contributed by atoms with Gasteiger partial charge in [-0.25, -0.2) is 14.2 Å². The molecule has 0 saturated heterocycles. The fraction of sp³-hybridized carbons (Fsp3) is 0.192. The molecule has 1 unspecified atom stereocenters. The molecule has 35 heavy (non-hydrogen) atoms. The summed E-state index contributed by atoms with van der Waals surface area (Å²) in [6.07, 6.45) is 3.18. The van der Waals surface area contributed by atoms with Gasteiger partial charge in [0.1, 0.15) is 5.82 Å². The lowest BCUT2D eigenvalue weighted by atomic mass is 10.0. The van der Waals surface area contributed by atoms with E-state index >= 15 is 0 Å². The van der Waals surface area contributed by atoms with Crippen LogP contribution in [0, 0.1) is 5.82 Å². The molecule has 1 aromatic heterocycles. The number of thiophene rings is 1. The molecule has 7 nitrogen and oxygen atoms in total. The first-order valence-electron chi connectivity index (χ1n) is 10.7. The van der Waals surface area contributed by atoms with Crippen LogP contribution in [-0.4, -0.2) is 43.4 Å². The average molecular weight is 495 g/mol. The van der Waals surface area contributed by atoms with Crippen molar-refractivity contribution >= 4 is 35.0 Å². The maximum Gasteiger partial charge on any atom is 0.331 e. The minimum atomic E-state index is -0.688. The monoisotopic (exact) mass is 494 g/mol. The van der Waals surface area contributed by atoms with Crippen LogP contribution < -0.4 is 9.47 Å². The zero-order valence-corrected chi connectivity index (χ0v) is 20.0. The Hall–Kier alpha value is -3.98. The molecule has 0 spiro atoms. The molecular formula is C26H23FN2O5S. The third kappa shape index (κ3) is 5.75. The minimum absolute atomic E-state index is 0.368. The van der Waals surface area contributed by atoms with Gasteiger partial charge >= 0.3 is 5.97 Å². The van der Waals surface area contributed by atoms with Crippen LogP contribution in [0.3, 0.4) is 0 Å². The maximum atomic E-state index is 13.1. The second-order valence-electron chi connectivity index (χ2n) is 7.59. The van der Waals surface area contributed by atoms with Crippen LogP contribution in [0.25, 0.3) is 6.08 Å². The van der Waals surface area contributed by atoms with Crippen molar-refractivity contribution in [2.24, 2.45) is 5.10 Å². The summed E-state index contributed by atoms with van der Waals surface area (Å²) in [6.45, 7) is -0.475. The van der Waals surface area contributed by atoms with Crippen molar-refractivity contribution < 1.29 is 28.2 Å². The molecule has 1 amide bonds. The van der Waals surface area contributed by atoms with E-state index < -0.39 is 24.5 Å². The van der Waals surface area contributed by atoms with Crippen LogP contribution in [0.15, 0.2) is 71.2 Å². The van der Waals surface area contributed by atoms with Gasteiger partial charge in [0.2, 0.25) is 0 Å². The Kier molecular flexibility index (Phi) is 7.57. The minimum Gasteiger partial charge on any atom is -0.493 e. The molecule has 0 saturated carbocycles. The van der Waals surface area contributed by atoms with Crippen molar-refractivity contribution in [2.75, 3.05) is 20.8 Å². The molecular weight excluding hydrogens is 471 g/mol. The number of hydrogen-bond donors (Lipinski definition) is 0. The molecule has 2 heterocycles. The molecule has 0 fully saturated rings. The Morgan fingerprint density at radius 3 is 2.57 bits per heavy atom. The molecule has 1 aliphatic heterocycles. The summed E-state index contributed by atoms with van der Waals surface area (Å²) in [6, 6.07) is 14.6. The SMILES string of the molecule is COc1ccc(C2CC(c3cccs3)=NN2C(=O)COC(=O)/C=C/c2ccc(F)cc2)cc1OC. The number of ether oxygens (including phenoxy) is 3. The van der Waals surface area contributed by atoms with E-state index in [1.165, 1.54) is 52.8 Å². The number of hydrogen-bond acceptors (Lipinski definition) is 7. The number of nitrogens with zero attached hydrogens (tertiary/aromatic N) is 2. The van der Waals surface area contributed by atoms with Crippen LogP contribution in [0.4, 0.5) is 4.39 Å². The highest BCUT2D eigenvalue weighted by Gasteiger charge is 2.34. The van der Waals surface area contributed by atoms with E-state index in [9.17, 15) is 14.0 Å². The summed E-state index contributed by atoms with van der Waals surface area (Å²) < 4.78 is 28.9. The number of hydrazone groups is 1. The Balaban J connectivity index is 1.49. The van der Waals surface area contributed by atoms with Gasteiger partial charge in [-0.3, -0.25) is 4.79 Å². The molecule has 9 heteroatoms. The van der Waals surface area contributed by atoms with Gasteiger partial charge in [0, 0.05) is 12.5 Å². The Morgan fingerprint density at radius 2 is 1.89 bits per heavy atom. The molecule has 1 aliphatic rings. The van der Waals surface area contributed by atoms with Gasteiger partial charge in [0.05, 0.1) is 30.9 Å². The average Bonchev–Trinajstić information content (AvgIpc) is 3.57. The lowest BCUT2D eigenvalue weighted by molar-refractivity contribution is -0.149. The fourth-order valence-corrected chi connectivity index (χ4v) is 4.36. The summed E-state index contributed by atoms with van der Waals surface area (Å²) in [4.78, 5) is 26.2. The zero-order chi connectivity index (χ0) is 24.8. The van der Waals surface area contributed by atoms with E-state index in [1.54, 1.807) is 20.3 Å². The normalized spacial score (nSPS) is 15.2. The van der Waals surface area contributed by atoms with Crippen molar-refractivity contribution in [3.8, 4) is 11.5 Å². The van der Waals surface area contributed by atoms with Crippen molar-refractivity contribution in [2.45, 2.75) is 12.5 Å². The van der Waals surface area contributed by atoms with Crippen molar-refractivity contribution in [1.29, 1.82) is 0 Å². The highest BCUT2D eigenvalue weighted by molar-refractivity contribution is 7.12. The number of carbonyl (C=O) groups is 2. The lowest BCUT2D eigenvalue weighted by Crippen LogP contribution is -2.31. The summed E-state index contributed by atoms with van der Waals surface area (Å²) in [5, 5.41) is 7.86. The van der Waals surface area contributed by atoms with Crippen LogP contribution in [0.2, 0.25) is 0 Å². The first kappa shape index (κ1) is 24.2. The second kappa shape index (κ2) is 11.0. The molecule has 0 bridgehead atoms. The number of esters is 1. The summed E-state index contributed by atoms with van der Waals surface area (Å²) in [5.41, 5.74) is 2.22. The largest absolute Gasteiger partial charge is 0.493 e. The van der Waals surface area contributed by atoms with Crippen LogP contribution in [0.5, 0.6) is 11.5 Å². The Morgan fingerprint density at radius 1 is 1.11 bits per heavy atom. The predicted octanol–water partition coefficient (Wildman–Crippen LogP) is 4.84. The smallest absolute Gasteiger partial charge is 0.331 e. The van der Waals surface area contributed by atoms with Gasteiger partial charge in [-0.2, -0.15) is 5.10 Å². The van der Waals surface area contributed by atoms with Crippen LogP contribution >= 0.6 is 11.3 Å². The maximum absolute atomic E-state index is 13.1. The van der Waals surface area contributed by atoms with Gasteiger partial charge in [0.15, 0.2) is 18.1 Å². The number of methoxy groups -OCH3 is 2. The number of amides is 1. The van der Waals surface area contributed by atoms with Crippen LogP contribution in [0.1, 0.15) is 28.5 Å². The van der Waals surface area contributed by atoms with E-state index in [0.29, 0.717) is 23.5 Å². The van der Waals surface area contributed by atoms with E-state index in [2.05, 4.69) is 5.10 Å². The predicted molar refractivity (Wildman–Crippen MR) is 131 cm³/mol. The topological polar surface area (TPSA) is 77.4 Å². The molecule has 4 rings (SSSR count). The zero-order valence-electron chi connectivity index (χ0n) is 19.1. The quantitative estimate of drug-likeness (QED) is 0.331. The Bertz CT molecular complexity index is 1260. The van der Waals surface area contributed by atoms with Gasteiger partial charge in [-0.1, -0.05) is 24.3 Å². The first-order valence-corrected chi connectivity index (χ1v) is 11.6. The molecule has 180 valence electrons. The molecule has 0 aliphatic carbocycles. The summed E-state index contributed by atoms with van der Waals surface area (Å²) >= 11 is 1.54. The highest BCUT2D eigenvalue weighted by Crippen LogP contribution is 2.37. The van der Waals surface area contributed by atoms with Crippen LogP contribution in [-0.2, 0) is 14.3 Å². The number of carbonyl (C=O) groups excluding carboxylic acids is 2. The Labute approximate surface area is 206 Å². The number of halogens is 1. The molecule has 1 atom stereocenters. The van der Waals surface area contributed by atoms with Gasteiger partial charge in [0.25, 0.3) is 5.91 Å². The summed E-state index contributed by atoms with van der Waals surface area (Å²) in [5.74, 6) is -0.396. The highest BCUT2D eigenvalue weighted by atomic mass is 32.1. The van der Waals surface area contributed by atoms with E-state index in [4.69, 9.17) is 14.2 Å². The lowest BCUT2D eigenvalue weighted by Gasteiger charge is -2.22. The van der Waals surface area contributed by atoms with E-state index in [1.807, 2.05) is 29.6 Å². The van der Waals surface area contributed by atoms with E-state index in [0.717, 1.165) is 16.2 Å². The molecule has 0 radical (unpaired) electrons. The van der Waals surface area contributed by atoms with Gasteiger partial charge in [-0.15, -0.1) is 11.3 Å². The van der Waals surface area contributed by atoms with Gasteiger partial charge < -0.3 is 14.2 Å². The van der Waals surface area contributed by atoms with Gasteiger partial charge in [-0.05, 0) is 52.9 Å². The molecule has 0 N–H and O–H groups in total. The molecule has 3 aromatic rings. The van der Waals surface area contributed by atoms with Crippen molar-refractivity contribution in [3.05, 3.63) is 87.9 Å². The fourth-order valence-electron chi connectivity index (χ4n) is 3.64. The molecule has 2 aromatic carbocycles.